The Morgan fingerprint density at radius 2 is 2.33 bits per heavy atom. The second kappa shape index (κ2) is 3.20. The average molecular weight is 151 g/mol. The van der Waals surface area contributed by atoms with E-state index in [-0.39, 0.29) is 6.10 Å². The fourth-order valence-corrected chi connectivity index (χ4v) is 0.955. The zero-order chi connectivity index (χ0) is 7.49. The normalized spacial score (nSPS) is 20.8. The second-order valence-corrected chi connectivity index (χ2v) is 3.18. The van der Waals surface area contributed by atoms with Gasteiger partial charge in [-0.25, -0.2) is 0 Å². The molecule has 0 aliphatic rings. The molecule has 0 amide bonds. The number of hydrogen-bond donors (Lipinski definition) is 0. The van der Waals surface area contributed by atoms with Crippen LogP contribution in [0.5, 0.6) is 0 Å². The summed E-state index contributed by atoms with van der Waals surface area (Å²) in [6.07, 6.45) is 0.418. The highest BCUT2D eigenvalue weighted by atomic mass is 32.2. The summed E-state index contributed by atoms with van der Waals surface area (Å²) in [6, 6.07) is 0. The van der Waals surface area contributed by atoms with E-state index in [4.69, 9.17) is 0 Å². The Bertz CT molecular complexity index is 159. The Hall–Kier alpha value is -0.0600. The molecule has 4 heteroatoms. The lowest BCUT2D eigenvalue weighted by Crippen LogP contribution is -2.12. The zero-order valence-electron chi connectivity index (χ0n) is 5.62. The molecule has 0 rings (SSSR count). The topological polar surface area (TPSA) is 49.4 Å². The van der Waals surface area contributed by atoms with Crippen molar-refractivity contribution >= 4 is 16.0 Å². The molecular weight excluding hydrogens is 140 g/mol. The summed E-state index contributed by atoms with van der Waals surface area (Å²) in [6.45, 7) is 3.53. The highest BCUT2D eigenvalue weighted by molar-refractivity contribution is 7.90. The maximum atomic E-state index is 10.3. The van der Waals surface area contributed by atoms with Crippen molar-refractivity contribution in [1.29, 1.82) is 0 Å². The van der Waals surface area contributed by atoms with Crippen LogP contribution < -0.4 is 0 Å². The van der Waals surface area contributed by atoms with Crippen LogP contribution >= 0.6 is 0 Å². The van der Waals surface area contributed by atoms with Crippen LogP contribution in [0.1, 0.15) is 20.3 Å². The summed E-state index contributed by atoms with van der Waals surface area (Å²) >= 11 is 0. The van der Waals surface area contributed by atoms with Gasteiger partial charge in [0.2, 0.25) is 0 Å². The molecule has 0 aromatic rings. The van der Waals surface area contributed by atoms with Crippen LogP contribution in [0.15, 0.2) is 0 Å². The van der Waals surface area contributed by atoms with E-state index in [1.165, 1.54) is 0 Å². The molecule has 0 fully saturated rings. The van der Waals surface area contributed by atoms with Crippen LogP contribution in [0.3, 0.4) is 0 Å². The lowest BCUT2D eigenvalue weighted by molar-refractivity contribution is 0.212. The van der Waals surface area contributed by atoms with Crippen LogP contribution in [-0.4, -0.2) is 20.7 Å². The van der Waals surface area contributed by atoms with Crippen molar-refractivity contribution in [3.05, 3.63) is 0 Å². The first-order chi connectivity index (χ1) is 3.95. The van der Waals surface area contributed by atoms with Crippen LogP contribution in [0.4, 0.5) is 0 Å². The molecule has 2 unspecified atom stereocenters. The van der Waals surface area contributed by atoms with Gasteiger partial charge in [0.1, 0.15) is 0 Å². The van der Waals surface area contributed by atoms with Gasteiger partial charge in [-0.15, -0.1) is 0 Å². The molecule has 0 aromatic heterocycles. The van der Waals surface area contributed by atoms with Crippen LogP contribution in [0.2, 0.25) is 0 Å². The molecule has 0 bridgehead atoms. The lowest BCUT2D eigenvalue weighted by Gasteiger charge is -2.17. The van der Waals surface area contributed by atoms with Gasteiger partial charge < -0.3 is 8.74 Å². The van der Waals surface area contributed by atoms with Gasteiger partial charge in [-0.05, 0) is 19.2 Å². The van der Waals surface area contributed by atoms with E-state index in [1.54, 1.807) is 6.92 Å². The predicted octanol–water partition coefficient (Wildman–Crippen LogP) is 0.563. The van der Waals surface area contributed by atoms with E-state index in [9.17, 15) is 8.76 Å². The van der Waals surface area contributed by atoms with Crippen molar-refractivity contribution < 1.29 is 12.9 Å². The number of rotatable bonds is 3. The first kappa shape index (κ1) is 8.94. The molecule has 0 aliphatic heterocycles. The minimum atomic E-state index is -3.49. The lowest BCUT2D eigenvalue weighted by atomic mass is 10.3. The Labute approximate surface area is 56.1 Å². The molecule has 0 heterocycles. The van der Waals surface area contributed by atoms with Crippen molar-refractivity contribution in [2.24, 2.45) is 0 Å². The Balaban J connectivity index is 3.75. The maximum absolute atomic E-state index is 10.3. The van der Waals surface area contributed by atoms with Gasteiger partial charge in [0.15, 0.2) is 0 Å². The molecule has 0 aromatic carbocycles. The minimum absolute atomic E-state index is 0.257. The summed E-state index contributed by atoms with van der Waals surface area (Å²) < 4.78 is 25.0. The summed E-state index contributed by atoms with van der Waals surface area (Å²) in [5.74, 6) is 2.81. The van der Waals surface area contributed by atoms with Crippen LogP contribution in [0.25, 0.3) is 0 Å². The molecule has 0 spiro atoms. The highest BCUT2D eigenvalue weighted by Crippen LogP contribution is 1.99. The summed E-state index contributed by atoms with van der Waals surface area (Å²) in [5.41, 5.74) is 0. The SMILES string of the molecule is C=S(=O)([O-])OC(C)CC. The standard InChI is InChI=1S/C5H12O3S/c1-4-5(2)8-9(3,6)7/h5H,3-4H2,1-2H3,(H,6,7)/p-1. The van der Waals surface area contributed by atoms with Crippen molar-refractivity contribution in [2.75, 3.05) is 0 Å². The molecule has 9 heavy (non-hydrogen) atoms. The van der Waals surface area contributed by atoms with Gasteiger partial charge in [0, 0.05) is 10.1 Å². The van der Waals surface area contributed by atoms with E-state index >= 15 is 0 Å². The minimum Gasteiger partial charge on any atom is -0.757 e. The molecule has 0 saturated carbocycles. The summed E-state index contributed by atoms with van der Waals surface area (Å²) in [5, 5.41) is 0. The molecule has 0 saturated heterocycles. The molecule has 0 aliphatic carbocycles. The first-order valence-corrected chi connectivity index (χ1v) is 4.29. The third-order valence-corrected chi connectivity index (χ3v) is 1.51. The fourth-order valence-electron chi connectivity index (χ4n) is 0.318. The fraction of sp³-hybridized carbons (Fsp3) is 0.800. The van der Waals surface area contributed by atoms with Crippen molar-refractivity contribution in [2.45, 2.75) is 26.4 Å². The molecule has 56 valence electrons. The van der Waals surface area contributed by atoms with E-state index in [1.807, 2.05) is 6.92 Å². The molecule has 2 atom stereocenters. The highest BCUT2D eigenvalue weighted by Gasteiger charge is 1.97. The van der Waals surface area contributed by atoms with Gasteiger partial charge >= 0.3 is 0 Å². The van der Waals surface area contributed by atoms with Crippen LogP contribution in [-0.2, 0) is 14.3 Å². The Kier molecular flexibility index (Phi) is 3.17. The molecule has 0 radical (unpaired) electrons. The third kappa shape index (κ3) is 5.82. The van der Waals surface area contributed by atoms with Gasteiger partial charge in [0.25, 0.3) is 0 Å². The molecular formula is C5H11O3S-. The van der Waals surface area contributed by atoms with E-state index < -0.39 is 10.1 Å². The third-order valence-electron chi connectivity index (χ3n) is 0.886. The quantitative estimate of drug-likeness (QED) is 0.554. The van der Waals surface area contributed by atoms with Crippen molar-refractivity contribution in [3.63, 3.8) is 0 Å². The Morgan fingerprint density at radius 1 is 1.89 bits per heavy atom. The van der Waals surface area contributed by atoms with Gasteiger partial charge in [-0.1, -0.05) is 6.92 Å². The maximum Gasteiger partial charge on any atom is 0.0700 e. The smallest absolute Gasteiger partial charge is 0.0700 e. The largest absolute Gasteiger partial charge is 0.757 e. The first-order valence-electron chi connectivity index (χ1n) is 2.72. The van der Waals surface area contributed by atoms with E-state index in [0.29, 0.717) is 6.42 Å². The van der Waals surface area contributed by atoms with Crippen molar-refractivity contribution in [1.82, 2.24) is 0 Å². The summed E-state index contributed by atoms with van der Waals surface area (Å²) in [4.78, 5) is 0. The zero-order valence-corrected chi connectivity index (χ0v) is 6.44. The van der Waals surface area contributed by atoms with Crippen molar-refractivity contribution in [3.8, 4) is 0 Å². The molecule has 3 nitrogen and oxygen atoms in total. The van der Waals surface area contributed by atoms with Crippen LogP contribution in [0, 0.1) is 0 Å². The van der Waals surface area contributed by atoms with E-state index in [0.717, 1.165) is 0 Å². The van der Waals surface area contributed by atoms with Gasteiger partial charge in [0.05, 0.1) is 6.10 Å². The Morgan fingerprint density at radius 3 is 2.44 bits per heavy atom. The number of hydrogen-bond acceptors (Lipinski definition) is 3. The molecule has 0 N–H and O–H groups in total. The average Bonchev–Trinajstić information content (AvgIpc) is 1.62. The second-order valence-electron chi connectivity index (χ2n) is 1.87. The van der Waals surface area contributed by atoms with E-state index in [2.05, 4.69) is 10.1 Å². The van der Waals surface area contributed by atoms with Gasteiger partial charge in [-0.3, -0.25) is 4.21 Å². The predicted molar refractivity (Wildman–Crippen MR) is 36.9 cm³/mol. The summed E-state index contributed by atoms with van der Waals surface area (Å²) in [7, 11) is -3.49. The monoisotopic (exact) mass is 151 g/mol. The van der Waals surface area contributed by atoms with Gasteiger partial charge in [-0.2, -0.15) is 0 Å².